The van der Waals surface area contributed by atoms with Gasteiger partial charge in [0, 0.05) is 36.7 Å². The summed E-state index contributed by atoms with van der Waals surface area (Å²) in [7, 11) is 1.87. The Morgan fingerprint density at radius 1 is 1.30 bits per heavy atom. The highest BCUT2D eigenvalue weighted by Gasteiger charge is 2.13. The van der Waals surface area contributed by atoms with Crippen LogP contribution in [0.1, 0.15) is 10.4 Å². The van der Waals surface area contributed by atoms with Crippen LogP contribution in [-0.4, -0.2) is 20.4 Å². The Balaban J connectivity index is 1.87. The molecule has 2 heterocycles. The van der Waals surface area contributed by atoms with E-state index in [9.17, 15) is 9.18 Å². The van der Waals surface area contributed by atoms with Crippen LogP contribution in [0.4, 0.5) is 10.1 Å². The average Bonchev–Trinajstić information content (AvgIpc) is 2.96. The fraction of sp³-hybridized carbons (Fsp3) is 0.0625. The smallest absolute Gasteiger partial charge is 0.257 e. The van der Waals surface area contributed by atoms with Gasteiger partial charge in [0.2, 0.25) is 0 Å². The fourth-order valence-corrected chi connectivity index (χ4v) is 2.80. The molecule has 1 amide bonds. The molecule has 0 unspecified atom stereocenters. The van der Waals surface area contributed by atoms with Crippen molar-refractivity contribution < 1.29 is 9.18 Å². The van der Waals surface area contributed by atoms with E-state index in [1.54, 1.807) is 30.6 Å². The molecule has 0 aliphatic rings. The van der Waals surface area contributed by atoms with Gasteiger partial charge in [0.15, 0.2) is 5.16 Å². The number of hydrogen-bond acceptors (Lipinski definition) is 4. The molecule has 5 nitrogen and oxygen atoms in total. The van der Waals surface area contributed by atoms with Gasteiger partial charge in [0.1, 0.15) is 5.82 Å². The van der Waals surface area contributed by atoms with Gasteiger partial charge in [-0.25, -0.2) is 9.37 Å². The van der Waals surface area contributed by atoms with Crippen LogP contribution < -0.4 is 5.32 Å². The molecule has 7 heteroatoms. The first-order valence-electron chi connectivity index (χ1n) is 6.79. The number of carbonyl (C=O) groups excluding carboxylic acids is 1. The number of aryl methyl sites for hydroxylation is 1. The number of imidazole rings is 1. The van der Waals surface area contributed by atoms with Gasteiger partial charge >= 0.3 is 0 Å². The standard InChI is InChI=1S/C16H13FN4OS/c1-21-8-7-19-16(21)23-14-5-4-12(17)9-13(14)20-15(22)11-3-2-6-18-10-11/h2-10H,1H3,(H,20,22). The van der Waals surface area contributed by atoms with Crippen LogP contribution in [0.25, 0.3) is 0 Å². The fourth-order valence-electron chi connectivity index (χ4n) is 1.93. The van der Waals surface area contributed by atoms with E-state index in [1.807, 2.05) is 17.8 Å². The number of anilines is 1. The van der Waals surface area contributed by atoms with Crippen LogP contribution in [0, 0.1) is 5.82 Å². The molecular formula is C16H13FN4OS. The summed E-state index contributed by atoms with van der Waals surface area (Å²) in [6, 6.07) is 7.58. The number of aromatic nitrogens is 3. The van der Waals surface area contributed by atoms with E-state index in [-0.39, 0.29) is 5.91 Å². The molecule has 2 aromatic heterocycles. The molecule has 3 rings (SSSR count). The van der Waals surface area contributed by atoms with E-state index in [0.717, 1.165) is 5.16 Å². The number of carbonyl (C=O) groups is 1. The largest absolute Gasteiger partial charge is 0.329 e. The van der Waals surface area contributed by atoms with Crippen LogP contribution in [-0.2, 0) is 7.05 Å². The molecule has 116 valence electrons. The van der Waals surface area contributed by atoms with Crippen molar-refractivity contribution in [1.82, 2.24) is 14.5 Å². The third-order valence-corrected chi connectivity index (χ3v) is 4.24. The molecule has 0 saturated heterocycles. The minimum atomic E-state index is -0.421. The molecule has 0 saturated carbocycles. The number of nitrogens with zero attached hydrogens (tertiary/aromatic N) is 3. The van der Waals surface area contributed by atoms with Crippen molar-refractivity contribution in [3.63, 3.8) is 0 Å². The first-order chi connectivity index (χ1) is 11.1. The van der Waals surface area contributed by atoms with Crippen LogP contribution >= 0.6 is 11.8 Å². The quantitative estimate of drug-likeness (QED) is 0.798. The molecular weight excluding hydrogens is 315 g/mol. The highest BCUT2D eigenvalue weighted by molar-refractivity contribution is 7.99. The van der Waals surface area contributed by atoms with Crippen molar-refractivity contribution in [3.8, 4) is 0 Å². The lowest BCUT2D eigenvalue weighted by Crippen LogP contribution is -2.13. The molecule has 1 N–H and O–H groups in total. The molecule has 23 heavy (non-hydrogen) atoms. The number of nitrogens with one attached hydrogen (secondary N) is 1. The van der Waals surface area contributed by atoms with Crippen molar-refractivity contribution in [1.29, 1.82) is 0 Å². The third kappa shape index (κ3) is 3.57. The van der Waals surface area contributed by atoms with E-state index in [0.29, 0.717) is 16.1 Å². The second-order valence-corrected chi connectivity index (χ2v) is 5.77. The van der Waals surface area contributed by atoms with Crippen LogP contribution in [0.5, 0.6) is 0 Å². The molecule has 0 aliphatic carbocycles. The minimum absolute atomic E-state index is 0.342. The topological polar surface area (TPSA) is 59.8 Å². The maximum Gasteiger partial charge on any atom is 0.257 e. The normalized spacial score (nSPS) is 10.5. The Labute approximate surface area is 136 Å². The number of rotatable bonds is 4. The van der Waals surface area contributed by atoms with Gasteiger partial charge < -0.3 is 9.88 Å². The molecule has 0 fully saturated rings. The van der Waals surface area contributed by atoms with Crippen LogP contribution in [0.3, 0.4) is 0 Å². The van der Waals surface area contributed by atoms with Gasteiger partial charge in [-0.15, -0.1) is 0 Å². The lowest BCUT2D eigenvalue weighted by molar-refractivity contribution is 0.102. The Morgan fingerprint density at radius 2 is 2.17 bits per heavy atom. The number of pyridine rings is 1. The maximum atomic E-state index is 13.6. The SMILES string of the molecule is Cn1ccnc1Sc1ccc(F)cc1NC(=O)c1cccnc1. The van der Waals surface area contributed by atoms with Gasteiger partial charge in [0.05, 0.1) is 11.3 Å². The summed E-state index contributed by atoms with van der Waals surface area (Å²) in [6.07, 6.45) is 6.54. The van der Waals surface area contributed by atoms with Crippen molar-refractivity contribution in [2.24, 2.45) is 7.05 Å². The zero-order valence-electron chi connectivity index (χ0n) is 12.2. The van der Waals surface area contributed by atoms with Crippen molar-refractivity contribution in [2.75, 3.05) is 5.32 Å². The summed E-state index contributed by atoms with van der Waals surface area (Å²) in [5, 5.41) is 3.47. The summed E-state index contributed by atoms with van der Waals surface area (Å²) >= 11 is 1.35. The van der Waals surface area contributed by atoms with Gasteiger partial charge in [-0.05, 0) is 42.1 Å². The summed E-state index contributed by atoms with van der Waals surface area (Å²) < 4.78 is 15.4. The van der Waals surface area contributed by atoms with Crippen LogP contribution in [0.2, 0.25) is 0 Å². The maximum absolute atomic E-state index is 13.6. The van der Waals surface area contributed by atoms with Crippen molar-refractivity contribution in [3.05, 3.63) is 66.5 Å². The molecule has 0 bridgehead atoms. The summed E-state index contributed by atoms with van der Waals surface area (Å²) in [5.74, 6) is -0.763. The first kappa shape index (κ1) is 15.2. The zero-order chi connectivity index (χ0) is 16.2. The highest BCUT2D eigenvalue weighted by atomic mass is 32.2. The van der Waals surface area contributed by atoms with Gasteiger partial charge in [-0.3, -0.25) is 9.78 Å². The van der Waals surface area contributed by atoms with Crippen LogP contribution in [0.15, 0.2) is 65.2 Å². The van der Waals surface area contributed by atoms with Gasteiger partial charge in [-0.1, -0.05) is 0 Å². The molecule has 0 aliphatic heterocycles. The minimum Gasteiger partial charge on any atom is -0.329 e. The second-order valence-electron chi connectivity index (χ2n) is 4.76. The molecule has 0 atom stereocenters. The van der Waals surface area contributed by atoms with Gasteiger partial charge in [-0.2, -0.15) is 0 Å². The Hall–Kier alpha value is -2.67. The molecule has 0 spiro atoms. The predicted molar refractivity (Wildman–Crippen MR) is 85.9 cm³/mol. The Bertz CT molecular complexity index is 835. The molecule has 0 radical (unpaired) electrons. The lowest BCUT2D eigenvalue weighted by Gasteiger charge is -2.11. The number of hydrogen-bond donors (Lipinski definition) is 1. The highest BCUT2D eigenvalue weighted by Crippen LogP contribution is 2.33. The second kappa shape index (κ2) is 6.62. The van der Waals surface area contributed by atoms with Gasteiger partial charge in [0.25, 0.3) is 5.91 Å². The Morgan fingerprint density at radius 3 is 2.87 bits per heavy atom. The predicted octanol–water partition coefficient (Wildman–Crippen LogP) is 3.36. The van der Waals surface area contributed by atoms with E-state index in [4.69, 9.17) is 0 Å². The number of benzene rings is 1. The summed E-state index contributed by atoms with van der Waals surface area (Å²) in [5.41, 5.74) is 0.802. The summed E-state index contributed by atoms with van der Waals surface area (Å²) in [6.45, 7) is 0. The molecule has 3 aromatic rings. The third-order valence-electron chi connectivity index (χ3n) is 3.09. The Kier molecular flexibility index (Phi) is 4.38. The monoisotopic (exact) mass is 328 g/mol. The number of halogens is 1. The molecule has 1 aromatic carbocycles. The zero-order valence-corrected chi connectivity index (χ0v) is 13.0. The van der Waals surface area contributed by atoms with Crippen molar-refractivity contribution in [2.45, 2.75) is 10.1 Å². The first-order valence-corrected chi connectivity index (χ1v) is 7.61. The van der Waals surface area contributed by atoms with E-state index >= 15 is 0 Å². The van der Waals surface area contributed by atoms with E-state index in [1.165, 1.54) is 30.1 Å². The van der Waals surface area contributed by atoms with E-state index < -0.39 is 5.82 Å². The van der Waals surface area contributed by atoms with Crippen molar-refractivity contribution >= 4 is 23.4 Å². The van der Waals surface area contributed by atoms with E-state index in [2.05, 4.69) is 15.3 Å². The lowest BCUT2D eigenvalue weighted by atomic mass is 10.2. The number of amides is 1. The average molecular weight is 328 g/mol. The summed E-state index contributed by atoms with van der Waals surface area (Å²) in [4.78, 5) is 21.1.